The molecule has 17 heavy (non-hydrogen) atoms. The van der Waals surface area contributed by atoms with Gasteiger partial charge in [-0.1, -0.05) is 6.92 Å². The predicted molar refractivity (Wildman–Crippen MR) is 58.2 cm³/mol. The van der Waals surface area contributed by atoms with Crippen molar-refractivity contribution in [2.24, 2.45) is 0 Å². The molecule has 7 nitrogen and oxygen atoms in total. The second-order valence-electron chi connectivity index (χ2n) is 3.44. The van der Waals surface area contributed by atoms with Crippen LogP contribution in [-0.4, -0.2) is 25.4 Å². The van der Waals surface area contributed by atoms with Gasteiger partial charge in [0.1, 0.15) is 5.52 Å². The standard InChI is InChI=1S/C10H9N3O4/c1-2-8-11-9(13(16)17)7-5-6(10(14)15)3-4-12(7)8/h3-5H,2H2,1H3,(H,14,15). The van der Waals surface area contributed by atoms with Gasteiger partial charge >= 0.3 is 11.8 Å². The molecule has 0 saturated carbocycles. The zero-order valence-electron chi connectivity index (χ0n) is 8.95. The fraction of sp³-hybridized carbons (Fsp3) is 0.200. The second-order valence-corrected chi connectivity index (χ2v) is 3.44. The molecule has 2 heterocycles. The van der Waals surface area contributed by atoms with Crippen molar-refractivity contribution < 1.29 is 14.8 Å². The van der Waals surface area contributed by atoms with E-state index in [-0.39, 0.29) is 16.9 Å². The zero-order chi connectivity index (χ0) is 12.6. The van der Waals surface area contributed by atoms with Crippen molar-refractivity contribution in [1.82, 2.24) is 9.38 Å². The molecule has 2 aromatic rings. The third-order valence-electron chi connectivity index (χ3n) is 2.43. The van der Waals surface area contributed by atoms with E-state index in [1.165, 1.54) is 22.7 Å². The first-order valence-corrected chi connectivity index (χ1v) is 4.93. The van der Waals surface area contributed by atoms with Gasteiger partial charge in [0.2, 0.25) is 5.82 Å². The lowest BCUT2D eigenvalue weighted by Crippen LogP contribution is -1.99. The maximum atomic E-state index is 10.8. The van der Waals surface area contributed by atoms with Crippen LogP contribution in [0.2, 0.25) is 0 Å². The number of hydrogen-bond donors (Lipinski definition) is 1. The van der Waals surface area contributed by atoms with Gasteiger partial charge in [0.25, 0.3) is 0 Å². The molecule has 0 unspecified atom stereocenters. The predicted octanol–water partition coefficient (Wildman–Crippen LogP) is 1.50. The molecule has 0 aliphatic rings. The van der Waals surface area contributed by atoms with Gasteiger partial charge in [0.15, 0.2) is 0 Å². The normalized spacial score (nSPS) is 10.6. The van der Waals surface area contributed by atoms with Crippen molar-refractivity contribution in [3.8, 4) is 0 Å². The van der Waals surface area contributed by atoms with E-state index in [2.05, 4.69) is 4.98 Å². The molecule has 0 aromatic carbocycles. The zero-order valence-corrected chi connectivity index (χ0v) is 8.95. The van der Waals surface area contributed by atoms with Crippen LogP contribution >= 0.6 is 0 Å². The number of aryl methyl sites for hydroxylation is 1. The summed E-state index contributed by atoms with van der Waals surface area (Å²) in [6.45, 7) is 1.82. The summed E-state index contributed by atoms with van der Waals surface area (Å²) in [4.78, 5) is 24.9. The largest absolute Gasteiger partial charge is 0.478 e. The number of aromatic nitrogens is 2. The van der Waals surface area contributed by atoms with Crippen LogP contribution in [-0.2, 0) is 6.42 Å². The molecular formula is C10H9N3O4. The first-order chi connectivity index (χ1) is 8.04. The highest BCUT2D eigenvalue weighted by Crippen LogP contribution is 2.21. The van der Waals surface area contributed by atoms with Crippen LogP contribution < -0.4 is 0 Å². The Morgan fingerprint density at radius 1 is 1.65 bits per heavy atom. The molecule has 0 aliphatic carbocycles. The SMILES string of the molecule is CCc1nc([N+](=O)[O-])c2cc(C(=O)O)ccn12. The number of nitrogens with zero attached hydrogens (tertiary/aromatic N) is 3. The summed E-state index contributed by atoms with van der Waals surface area (Å²) < 4.78 is 1.53. The number of aromatic carboxylic acids is 1. The number of carboxylic acids is 1. The number of fused-ring (bicyclic) bond motifs is 1. The van der Waals surface area contributed by atoms with E-state index in [0.717, 1.165) is 0 Å². The topological polar surface area (TPSA) is 97.7 Å². The van der Waals surface area contributed by atoms with Crippen LogP contribution in [0.1, 0.15) is 23.1 Å². The maximum Gasteiger partial charge on any atom is 0.389 e. The van der Waals surface area contributed by atoms with Crippen LogP contribution in [0, 0.1) is 10.1 Å². The molecular weight excluding hydrogens is 226 g/mol. The summed E-state index contributed by atoms with van der Waals surface area (Å²) in [5.74, 6) is -0.908. The van der Waals surface area contributed by atoms with Gasteiger partial charge in [-0.05, 0) is 22.0 Å². The van der Waals surface area contributed by atoms with Crippen LogP contribution in [0.5, 0.6) is 0 Å². The molecule has 2 aromatic heterocycles. The first-order valence-electron chi connectivity index (χ1n) is 4.93. The van der Waals surface area contributed by atoms with Gasteiger partial charge in [-0.25, -0.2) is 4.79 Å². The molecule has 0 bridgehead atoms. The summed E-state index contributed by atoms with van der Waals surface area (Å²) in [7, 11) is 0. The molecule has 7 heteroatoms. The fourth-order valence-corrected chi connectivity index (χ4v) is 1.65. The minimum Gasteiger partial charge on any atom is -0.478 e. The van der Waals surface area contributed by atoms with Crippen molar-refractivity contribution >= 4 is 17.3 Å². The summed E-state index contributed by atoms with van der Waals surface area (Å²) in [6, 6.07) is 2.65. The molecule has 1 N–H and O–H groups in total. The van der Waals surface area contributed by atoms with Gasteiger partial charge in [0.05, 0.1) is 5.56 Å². The van der Waals surface area contributed by atoms with Crippen molar-refractivity contribution in [2.75, 3.05) is 0 Å². The van der Waals surface area contributed by atoms with Gasteiger partial charge < -0.3 is 15.2 Å². The Labute approximate surface area is 95.5 Å². The summed E-state index contributed by atoms with van der Waals surface area (Å²) in [6.07, 6.45) is 2.01. The van der Waals surface area contributed by atoms with E-state index in [1.54, 1.807) is 0 Å². The molecule has 88 valence electrons. The molecule has 0 amide bonds. The Kier molecular flexibility index (Phi) is 2.51. The summed E-state index contributed by atoms with van der Waals surface area (Å²) in [5, 5.41) is 19.6. The average Bonchev–Trinajstić information content (AvgIpc) is 2.66. The van der Waals surface area contributed by atoms with Crippen molar-refractivity contribution in [1.29, 1.82) is 0 Å². The lowest BCUT2D eigenvalue weighted by atomic mass is 10.2. The Morgan fingerprint density at radius 2 is 2.35 bits per heavy atom. The fourth-order valence-electron chi connectivity index (χ4n) is 1.65. The number of nitro groups is 1. The van der Waals surface area contributed by atoms with Gasteiger partial charge in [-0.15, -0.1) is 0 Å². The van der Waals surface area contributed by atoms with Crippen LogP contribution in [0.25, 0.3) is 5.52 Å². The lowest BCUT2D eigenvalue weighted by Gasteiger charge is -1.97. The molecule has 0 aliphatic heterocycles. The molecule has 0 saturated heterocycles. The Morgan fingerprint density at radius 3 is 2.88 bits per heavy atom. The second kappa shape index (κ2) is 3.85. The Bertz CT molecular complexity index is 617. The highest BCUT2D eigenvalue weighted by atomic mass is 16.6. The van der Waals surface area contributed by atoms with E-state index in [9.17, 15) is 14.9 Å². The minimum absolute atomic E-state index is 0.00292. The Hall–Kier alpha value is -2.44. The van der Waals surface area contributed by atoms with Crippen molar-refractivity contribution in [3.05, 3.63) is 39.8 Å². The number of hydrogen-bond acceptors (Lipinski definition) is 4. The highest BCUT2D eigenvalue weighted by Gasteiger charge is 2.21. The minimum atomic E-state index is -1.12. The maximum absolute atomic E-state index is 10.8. The van der Waals surface area contributed by atoms with E-state index < -0.39 is 10.9 Å². The van der Waals surface area contributed by atoms with Gasteiger partial charge in [-0.2, -0.15) is 0 Å². The Balaban J connectivity index is 2.78. The summed E-state index contributed by atoms with van der Waals surface area (Å²) in [5.41, 5.74) is 0.204. The van der Waals surface area contributed by atoms with Gasteiger partial charge in [0, 0.05) is 12.6 Å². The van der Waals surface area contributed by atoms with Crippen LogP contribution in [0.15, 0.2) is 18.3 Å². The number of imidazole rings is 1. The first kappa shape index (κ1) is 11.1. The van der Waals surface area contributed by atoms with E-state index in [0.29, 0.717) is 12.2 Å². The molecule has 0 atom stereocenters. The monoisotopic (exact) mass is 235 g/mol. The molecule has 0 fully saturated rings. The molecule has 0 spiro atoms. The number of carbonyl (C=O) groups is 1. The lowest BCUT2D eigenvalue weighted by molar-refractivity contribution is -0.387. The third kappa shape index (κ3) is 1.71. The van der Waals surface area contributed by atoms with Crippen LogP contribution in [0.4, 0.5) is 5.82 Å². The third-order valence-corrected chi connectivity index (χ3v) is 2.43. The van der Waals surface area contributed by atoms with Gasteiger partial charge in [-0.3, -0.25) is 4.40 Å². The van der Waals surface area contributed by atoms with Crippen molar-refractivity contribution in [2.45, 2.75) is 13.3 Å². The number of pyridine rings is 1. The molecule has 0 radical (unpaired) electrons. The number of carboxylic acid groups (broad SMARTS) is 1. The highest BCUT2D eigenvalue weighted by molar-refractivity contribution is 5.89. The van der Waals surface area contributed by atoms with E-state index in [4.69, 9.17) is 5.11 Å². The molecule has 2 rings (SSSR count). The van der Waals surface area contributed by atoms with Crippen molar-refractivity contribution in [3.63, 3.8) is 0 Å². The van der Waals surface area contributed by atoms with E-state index in [1.807, 2.05) is 6.92 Å². The van der Waals surface area contributed by atoms with Crippen LogP contribution in [0.3, 0.4) is 0 Å². The quantitative estimate of drug-likeness (QED) is 0.642. The smallest absolute Gasteiger partial charge is 0.389 e. The van der Waals surface area contributed by atoms with E-state index >= 15 is 0 Å². The summed E-state index contributed by atoms with van der Waals surface area (Å²) >= 11 is 0. The average molecular weight is 235 g/mol. The number of rotatable bonds is 3.